The van der Waals surface area contributed by atoms with Crippen LogP contribution in [0, 0.1) is 5.41 Å². The number of rotatable bonds is 2. The Bertz CT molecular complexity index is 165. The lowest BCUT2D eigenvalue weighted by molar-refractivity contribution is 0.408. The van der Waals surface area contributed by atoms with Gasteiger partial charge in [0.2, 0.25) is 0 Å². The van der Waals surface area contributed by atoms with Crippen LogP contribution in [0.4, 0.5) is 0 Å². The van der Waals surface area contributed by atoms with E-state index in [-0.39, 0.29) is 0 Å². The molecule has 0 aromatic heterocycles. The molecule has 0 saturated heterocycles. The Morgan fingerprint density at radius 2 is 1.73 bits per heavy atom. The van der Waals surface area contributed by atoms with Crippen molar-refractivity contribution in [3.63, 3.8) is 0 Å². The molecular formula is C11H20. The minimum atomic E-state index is 0.397. The van der Waals surface area contributed by atoms with Gasteiger partial charge >= 0.3 is 0 Å². The van der Waals surface area contributed by atoms with Gasteiger partial charge in [-0.1, -0.05) is 44.6 Å². The molecule has 0 aliphatic rings. The first-order valence-corrected chi connectivity index (χ1v) is 4.15. The predicted octanol–water partition coefficient (Wildman–Crippen LogP) is 3.95. The second-order valence-electron chi connectivity index (χ2n) is 4.40. The fraction of sp³-hybridized carbons (Fsp3) is 0.636. The van der Waals surface area contributed by atoms with Crippen LogP contribution in [-0.2, 0) is 0 Å². The maximum atomic E-state index is 3.75. The molecule has 0 heterocycles. The lowest BCUT2D eigenvalue weighted by Crippen LogP contribution is -2.05. The molecule has 0 spiro atoms. The standard InChI is InChI=1S/C11H20/c1-7-9(2)10(3)8-11(4,5)6/h7H,1,8H2,2-6H3. The van der Waals surface area contributed by atoms with Crippen LogP contribution >= 0.6 is 0 Å². The van der Waals surface area contributed by atoms with Crippen molar-refractivity contribution in [3.8, 4) is 0 Å². The van der Waals surface area contributed by atoms with Gasteiger partial charge in [-0.3, -0.25) is 0 Å². The molecule has 0 nitrogen and oxygen atoms in total. The summed E-state index contributed by atoms with van der Waals surface area (Å²) in [5.41, 5.74) is 3.17. The van der Waals surface area contributed by atoms with Gasteiger partial charge in [0.25, 0.3) is 0 Å². The highest BCUT2D eigenvalue weighted by atomic mass is 14.2. The van der Waals surface area contributed by atoms with Gasteiger partial charge < -0.3 is 0 Å². The van der Waals surface area contributed by atoms with E-state index in [4.69, 9.17) is 0 Å². The number of hydrogen-bond donors (Lipinski definition) is 0. The molecule has 0 N–H and O–H groups in total. The average molecular weight is 152 g/mol. The van der Waals surface area contributed by atoms with Crippen molar-refractivity contribution in [2.75, 3.05) is 0 Å². The molecule has 0 aliphatic carbocycles. The second kappa shape index (κ2) is 3.75. The minimum Gasteiger partial charge on any atom is -0.0988 e. The molecule has 0 aromatic rings. The van der Waals surface area contributed by atoms with E-state index >= 15 is 0 Å². The molecule has 0 aliphatic heterocycles. The topological polar surface area (TPSA) is 0 Å². The van der Waals surface area contributed by atoms with E-state index in [9.17, 15) is 0 Å². The predicted molar refractivity (Wildman–Crippen MR) is 52.6 cm³/mol. The Morgan fingerprint density at radius 3 is 2.00 bits per heavy atom. The molecule has 0 fully saturated rings. The van der Waals surface area contributed by atoms with Gasteiger partial charge in [-0.05, 0) is 25.7 Å². The quantitative estimate of drug-likeness (QED) is 0.526. The van der Waals surface area contributed by atoms with Crippen molar-refractivity contribution < 1.29 is 0 Å². The number of allylic oxidation sites excluding steroid dienone is 3. The lowest BCUT2D eigenvalue weighted by Gasteiger charge is -2.19. The lowest BCUT2D eigenvalue weighted by atomic mass is 9.87. The Balaban J connectivity index is 4.28. The highest BCUT2D eigenvalue weighted by molar-refractivity contribution is 5.20. The second-order valence-corrected chi connectivity index (χ2v) is 4.40. The smallest absolute Gasteiger partial charge is 0.0268 e. The third-order valence-electron chi connectivity index (χ3n) is 1.77. The van der Waals surface area contributed by atoms with Gasteiger partial charge in [-0.2, -0.15) is 0 Å². The summed E-state index contributed by atoms with van der Waals surface area (Å²) in [7, 11) is 0. The molecule has 0 atom stereocenters. The SMILES string of the molecule is C=CC(C)=C(C)CC(C)(C)C. The maximum Gasteiger partial charge on any atom is -0.0268 e. The van der Waals surface area contributed by atoms with Gasteiger partial charge in [0.1, 0.15) is 0 Å². The normalized spacial score (nSPS) is 14.3. The van der Waals surface area contributed by atoms with Crippen LogP contribution in [-0.4, -0.2) is 0 Å². The third-order valence-corrected chi connectivity index (χ3v) is 1.77. The van der Waals surface area contributed by atoms with E-state index in [2.05, 4.69) is 41.2 Å². The molecule has 11 heavy (non-hydrogen) atoms. The fourth-order valence-electron chi connectivity index (χ4n) is 1.11. The largest absolute Gasteiger partial charge is 0.0988 e. The van der Waals surface area contributed by atoms with E-state index in [0.29, 0.717) is 5.41 Å². The van der Waals surface area contributed by atoms with E-state index in [0.717, 1.165) is 6.42 Å². The van der Waals surface area contributed by atoms with Gasteiger partial charge in [0.15, 0.2) is 0 Å². The molecule has 0 radical (unpaired) electrons. The van der Waals surface area contributed by atoms with Crippen LogP contribution in [0.2, 0.25) is 0 Å². The highest BCUT2D eigenvalue weighted by Crippen LogP contribution is 2.25. The average Bonchev–Trinajstić information content (AvgIpc) is 1.82. The fourth-order valence-corrected chi connectivity index (χ4v) is 1.11. The molecule has 0 rings (SSSR count). The Kier molecular flexibility index (Phi) is 3.57. The maximum absolute atomic E-state index is 3.75. The highest BCUT2D eigenvalue weighted by Gasteiger charge is 2.10. The zero-order valence-corrected chi connectivity index (χ0v) is 8.49. The van der Waals surface area contributed by atoms with Crippen molar-refractivity contribution in [2.24, 2.45) is 5.41 Å². The van der Waals surface area contributed by atoms with Crippen LogP contribution < -0.4 is 0 Å². The van der Waals surface area contributed by atoms with Gasteiger partial charge in [-0.25, -0.2) is 0 Å². The van der Waals surface area contributed by atoms with Crippen molar-refractivity contribution >= 4 is 0 Å². The summed E-state index contributed by atoms with van der Waals surface area (Å²) in [6.45, 7) is 14.8. The molecule has 0 bridgehead atoms. The first-order chi connectivity index (χ1) is 4.87. The molecule has 0 amide bonds. The summed E-state index contributed by atoms with van der Waals surface area (Å²) < 4.78 is 0. The van der Waals surface area contributed by atoms with E-state index in [1.54, 1.807) is 0 Å². The van der Waals surface area contributed by atoms with Crippen molar-refractivity contribution in [3.05, 3.63) is 23.8 Å². The summed E-state index contributed by atoms with van der Waals surface area (Å²) in [4.78, 5) is 0. The molecular weight excluding hydrogens is 132 g/mol. The summed E-state index contributed by atoms with van der Waals surface area (Å²) in [5, 5.41) is 0. The minimum absolute atomic E-state index is 0.397. The summed E-state index contributed by atoms with van der Waals surface area (Å²) in [6, 6.07) is 0. The molecule has 0 aromatic carbocycles. The van der Waals surface area contributed by atoms with Crippen molar-refractivity contribution in [1.82, 2.24) is 0 Å². The van der Waals surface area contributed by atoms with Crippen LogP contribution in [0.25, 0.3) is 0 Å². The van der Waals surface area contributed by atoms with Crippen LogP contribution in [0.5, 0.6) is 0 Å². The van der Waals surface area contributed by atoms with Gasteiger partial charge in [-0.15, -0.1) is 0 Å². The Labute approximate surface area is 71.0 Å². The first-order valence-electron chi connectivity index (χ1n) is 4.15. The van der Waals surface area contributed by atoms with E-state index < -0.39 is 0 Å². The van der Waals surface area contributed by atoms with Gasteiger partial charge in [0.05, 0.1) is 0 Å². The van der Waals surface area contributed by atoms with Gasteiger partial charge in [0, 0.05) is 0 Å². The summed E-state index contributed by atoms with van der Waals surface area (Å²) in [5.74, 6) is 0. The molecule has 0 unspecified atom stereocenters. The van der Waals surface area contributed by atoms with E-state index in [1.807, 2.05) is 6.08 Å². The summed E-state index contributed by atoms with van der Waals surface area (Å²) >= 11 is 0. The Morgan fingerprint density at radius 1 is 1.27 bits per heavy atom. The van der Waals surface area contributed by atoms with Crippen molar-refractivity contribution in [2.45, 2.75) is 41.0 Å². The van der Waals surface area contributed by atoms with E-state index in [1.165, 1.54) is 11.1 Å². The molecule has 0 saturated carbocycles. The monoisotopic (exact) mass is 152 g/mol. The van der Waals surface area contributed by atoms with Crippen LogP contribution in [0.1, 0.15) is 41.0 Å². The molecule has 64 valence electrons. The van der Waals surface area contributed by atoms with Crippen LogP contribution in [0.3, 0.4) is 0 Å². The zero-order valence-electron chi connectivity index (χ0n) is 8.49. The summed E-state index contributed by atoms with van der Waals surface area (Å²) in [6.07, 6.45) is 3.09. The van der Waals surface area contributed by atoms with Crippen LogP contribution in [0.15, 0.2) is 23.8 Å². The number of hydrogen-bond acceptors (Lipinski definition) is 0. The Hall–Kier alpha value is -0.520. The van der Waals surface area contributed by atoms with Crippen molar-refractivity contribution in [1.29, 1.82) is 0 Å². The first kappa shape index (κ1) is 10.5. The molecule has 0 heteroatoms. The third kappa shape index (κ3) is 4.83. The zero-order chi connectivity index (χ0) is 9.07.